The summed E-state index contributed by atoms with van der Waals surface area (Å²) in [7, 11) is 0. The van der Waals surface area contributed by atoms with Gasteiger partial charge in [0.15, 0.2) is 0 Å². The van der Waals surface area contributed by atoms with Gasteiger partial charge in [0.1, 0.15) is 12.2 Å². The minimum Gasteiger partial charge on any atom is -0.315 e. The molecule has 1 unspecified atom stereocenters. The first-order valence-electron chi connectivity index (χ1n) is 7.16. The molecule has 2 rings (SSSR count). The summed E-state index contributed by atoms with van der Waals surface area (Å²) in [5.74, 6) is 1.11. The Morgan fingerprint density at radius 2 is 2.22 bits per heavy atom. The van der Waals surface area contributed by atoms with E-state index < -0.39 is 0 Å². The highest BCUT2D eigenvalue weighted by Crippen LogP contribution is 2.15. The van der Waals surface area contributed by atoms with Crippen LogP contribution in [0.25, 0.3) is 0 Å². The molecule has 1 aliphatic heterocycles. The quantitative estimate of drug-likeness (QED) is 0.741. The Balaban J connectivity index is 1.90. The third kappa shape index (κ3) is 3.29. The smallest absolute Gasteiger partial charge is 0.147 e. The van der Waals surface area contributed by atoms with Crippen molar-refractivity contribution in [1.82, 2.24) is 25.0 Å². The number of nitrogens with one attached hydrogen (secondary N) is 1. The van der Waals surface area contributed by atoms with Crippen molar-refractivity contribution in [2.75, 3.05) is 19.6 Å². The lowest BCUT2D eigenvalue weighted by atomic mass is 10.1. The third-order valence-electron chi connectivity index (χ3n) is 3.61. The van der Waals surface area contributed by atoms with E-state index in [1.54, 1.807) is 0 Å². The predicted octanol–water partition coefficient (Wildman–Crippen LogP) is 1.26. The van der Waals surface area contributed by atoms with Gasteiger partial charge in [-0.3, -0.25) is 4.90 Å². The average Bonchev–Trinajstić information content (AvgIpc) is 2.85. The molecule has 0 bridgehead atoms. The van der Waals surface area contributed by atoms with Gasteiger partial charge in [0.05, 0.1) is 6.54 Å². The van der Waals surface area contributed by atoms with Gasteiger partial charge in [-0.1, -0.05) is 20.3 Å². The number of fused-ring (bicyclic) bond motifs is 1. The molecule has 0 amide bonds. The van der Waals surface area contributed by atoms with Crippen LogP contribution in [0.15, 0.2) is 6.33 Å². The van der Waals surface area contributed by atoms with E-state index in [0.29, 0.717) is 6.04 Å². The molecule has 1 aliphatic rings. The van der Waals surface area contributed by atoms with Crippen LogP contribution in [-0.2, 0) is 13.1 Å². The van der Waals surface area contributed by atoms with Crippen molar-refractivity contribution in [2.24, 2.45) is 0 Å². The molecular weight excluding hydrogens is 226 g/mol. The normalized spacial score (nSPS) is 17.7. The van der Waals surface area contributed by atoms with E-state index >= 15 is 0 Å². The predicted molar refractivity (Wildman–Crippen MR) is 72.3 cm³/mol. The zero-order valence-electron chi connectivity index (χ0n) is 11.6. The van der Waals surface area contributed by atoms with Crippen LogP contribution in [0.1, 0.15) is 38.9 Å². The van der Waals surface area contributed by atoms with Crippen LogP contribution >= 0.6 is 0 Å². The molecule has 0 saturated carbocycles. The van der Waals surface area contributed by atoms with E-state index in [2.05, 4.69) is 38.8 Å². The van der Waals surface area contributed by atoms with Crippen molar-refractivity contribution >= 4 is 0 Å². The molecule has 0 saturated heterocycles. The van der Waals surface area contributed by atoms with Gasteiger partial charge in [0.25, 0.3) is 0 Å². The Hall–Kier alpha value is -0.940. The van der Waals surface area contributed by atoms with Gasteiger partial charge >= 0.3 is 0 Å². The maximum Gasteiger partial charge on any atom is 0.147 e. The fourth-order valence-electron chi connectivity index (χ4n) is 2.59. The molecule has 5 nitrogen and oxygen atoms in total. The zero-order valence-corrected chi connectivity index (χ0v) is 11.6. The SMILES string of the molecule is CCCNCC(CCC)N1CCn2cnnc2C1. The van der Waals surface area contributed by atoms with Crippen molar-refractivity contribution in [3.63, 3.8) is 0 Å². The highest BCUT2D eigenvalue weighted by molar-refractivity contribution is 4.92. The molecule has 5 heteroatoms. The lowest BCUT2D eigenvalue weighted by Crippen LogP contribution is -2.46. The fraction of sp³-hybridized carbons (Fsp3) is 0.846. The molecule has 0 aliphatic carbocycles. The molecule has 1 aromatic heterocycles. The van der Waals surface area contributed by atoms with Crippen LogP contribution in [0.4, 0.5) is 0 Å². The number of hydrogen-bond acceptors (Lipinski definition) is 4. The van der Waals surface area contributed by atoms with Crippen molar-refractivity contribution in [3.05, 3.63) is 12.2 Å². The summed E-state index contributed by atoms with van der Waals surface area (Å²) in [6.07, 6.45) is 5.54. The highest BCUT2D eigenvalue weighted by Gasteiger charge is 2.23. The number of aromatic nitrogens is 3. The average molecular weight is 251 g/mol. The topological polar surface area (TPSA) is 46.0 Å². The molecule has 0 spiro atoms. The van der Waals surface area contributed by atoms with Crippen molar-refractivity contribution in [1.29, 1.82) is 0 Å². The maximum atomic E-state index is 4.20. The molecule has 1 N–H and O–H groups in total. The highest BCUT2D eigenvalue weighted by atomic mass is 15.3. The van der Waals surface area contributed by atoms with Crippen LogP contribution in [0.2, 0.25) is 0 Å². The van der Waals surface area contributed by atoms with Crippen LogP contribution in [0.3, 0.4) is 0 Å². The summed E-state index contributed by atoms with van der Waals surface area (Å²) in [5, 5.41) is 11.7. The summed E-state index contributed by atoms with van der Waals surface area (Å²) in [4.78, 5) is 2.55. The minimum atomic E-state index is 0.631. The Morgan fingerprint density at radius 3 is 3.00 bits per heavy atom. The Labute approximate surface area is 110 Å². The van der Waals surface area contributed by atoms with E-state index in [1.807, 2.05) is 6.33 Å². The largest absolute Gasteiger partial charge is 0.315 e. The number of nitrogens with zero attached hydrogens (tertiary/aromatic N) is 4. The minimum absolute atomic E-state index is 0.631. The zero-order chi connectivity index (χ0) is 12.8. The second-order valence-corrected chi connectivity index (χ2v) is 5.06. The summed E-state index contributed by atoms with van der Waals surface area (Å²) >= 11 is 0. The second-order valence-electron chi connectivity index (χ2n) is 5.06. The van der Waals surface area contributed by atoms with Gasteiger partial charge in [-0.15, -0.1) is 10.2 Å². The summed E-state index contributed by atoms with van der Waals surface area (Å²) in [6.45, 7) is 9.77. The first-order valence-corrected chi connectivity index (χ1v) is 7.16. The van der Waals surface area contributed by atoms with E-state index in [1.165, 1.54) is 19.3 Å². The van der Waals surface area contributed by atoms with Crippen molar-refractivity contribution < 1.29 is 0 Å². The second kappa shape index (κ2) is 6.85. The molecule has 0 fully saturated rings. The first-order chi connectivity index (χ1) is 8.85. The molecule has 1 aromatic rings. The van der Waals surface area contributed by atoms with Gasteiger partial charge in [-0.25, -0.2) is 0 Å². The third-order valence-corrected chi connectivity index (χ3v) is 3.61. The molecule has 0 aromatic carbocycles. The van der Waals surface area contributed by atoms with Crippen LogP contribution < -0.4 is 5.32 Å². The van der Waals surface area contributed by atoms with Gasteiger partial charge in [0.2, 0.25) is 0 Å². The Morgan fingerprint density at radius 1 is 1.33 bits per heavy atom. The monoisotopic (exact) mass is 251 g/mol. The molecule has 102 valence electrons. The van der Waals surface area contributed by atoms with E-state index in [-0.39, 0.29) is 0 Å². The van der Waals surface area contributed by atoms with Crippen molar-refractivity contribution in [2.45, 2.75) is 52.2 Å². The van der Waals surface area contributed by atoms with E-state index in [4.69, 9.17) is 0 Å². The van der Waals surface area contributed by atoms with E-state index in [0.717, 1.165) is 38.5 Å². The first kappa shape index (κ1) is 13.5. The lowest BCUT2D eigenvalue weighted by molar-refractivity contribution is 0.141. The maximum absolute atomic E-state index is 4.20. The summed E-state index contributed by atoms with van der Waals surface area (Å²) < 4.78 is 2.17. The van der Waals surface area contributed by atoms with Gasteiger partial charge < -0.3 is 9.88 Å². The van der Waals surface area contributed by atoms with Gasteiger partial charge in [-0.2, -0.15) is 0 Å². The van der Waals surface area contributed by atoms with E-state index in [9.17, 15) is 0 Å². The number of hydrogen-bond donors (Lipinski definition) is 1. The standard InChI is InChI=1S/C13H25N5/c1-3-5-12(9-14-6-4-2)17-7-8-18-11-15-16-13(18)10-17/h11-12,14H,3-10H2,1-2H3. The van der Waals surface area contributed by atoms with Crippen molar-refractivity contribution in [3.8, 4) is 0 Å². The van der Waals surface area contributed by atoms with Gasteiger partial charge in [-0.05, 0) is 19.4 Å². The molecular formula is C13H25N5. The molecule has 2 heterocycles. The molecule has 0 radical (unpaired) electrons. The molecule has 18 heavy (non-hydrogen) atoms. The lowest BCUT2D eigenvalue weighted by Gasteiger charge is -2.34. The summed E-state index contributed by atoms with van der Waals surface area (Å²) in [6, 6.07) is 0.631. The molecule has 1 atom stereocenters. The van der Waals surface area contributed by atoms with Crippen LogP contribution in [-0.4, -0.2) is 45.3 Å². The fourth-order valence-corrected chi connectivity index (χ4v) is 2.59. The number of rotatable bonds is 7. The van der Waals surface area contributed by atoms with Crippen LogP contribution in [0, 0.1) is 0 Å². The summed E-state index contributed by atoms with van der Waals surface area (Å²) in [5.41, 5.74) is 0. The van der Waals surface area contributed by atoms with Gasteiger partial charge in [0, 0.05) is 25.7 Å². The Kier molecular flexibility index (Phi) is 5.13. The Bertz CT molecular complexity index is 349. The van der Waals surface area contributed by atoms with Crippen LogP contribution in [0.5, 0.6) is 0 Å².